The van der Waals surface area contributed by atoms with Crippen molar-refractivity contribution in [1.82, 2.24) is 4.72 Å². The summed E-state index contributed by atoms with van der Waals surface area (Å²) in [5.74, 6) is -0.387. The molecule has 0 heterocycles. The molecule has 0 aliphatic heterocycles. The number of nitrogens with one attached hydrogen (secondary N) is 1. The van der Waals surface area contributed by atoms with Crippen LogP contribution in [-0.4, -0.2) is 19.3 Å². The van der Waals surface area contributed by atoms with Gasteiger partial charge < -0.3 is 5.11 Å². The zero-order chi connectivity index (χ0) is 16.2. The van der Waals surface area contributed by atoms with E-state index in [1.54, 1.807) is 48.5 Å². The van der Waals surface area contributed by atoms with Crippen LogP contribution in [0.1, 0.15) is 17.2 Å². The third-order valence-corrected chi connectivity index (χ3v) is 5.16. The van der Waals surface area contributed by atoms with Gasteiger partial charge in [-0.2, -0.15) is 0 Å². The molecule has 1 unspecified atom stereocenters. The standard InChI is InChI=1S/C15H15BrClNO3S/c16-13-5-3-12(4-6-13)15(19)10-22(20,21)18-9-11-1-7-14(17)8-2-11/h1-8,15,18-19H,9-10H2. The third kappa shape index (κ3) is 5.37. The van der Waals surface area contributed by atoms with Crippen LogP contribution < -0.4 is 4.72 Å². The molecule has 1 atom stereocenters. The number of sulfonamides is 1. The highest BCUT2D eigenvalue weighted by Crippen LogP contribution is 2.18. The molecule has 118 valence electrons. The van der Waals surface area contributed by atoms with Crippen molar-refractivity contribution in [2.24, 2.45) is 0 Å². The van der Waals surface area contributed by atoms with Gasteiger partial charge in [-0.3, -0.25) is 0 Å². The molecule has 0 radical (unpaired) electrons. The van der Waals surface area contributed by atoms with Crippen molar-refractivity contribution in [3.05, 3.63) is 69.2 Å². The maximum Gasteiger partial charge on any atom is 0.214 e. The van der Waals surface area contributed by atoms with Crippen molar-refractivity contribution in [2.45, 2.75) is 12.6 Å². The summed E-state index contributed by atoms with van der Waals surface area (Å²) in [5, 5.41) is 10.6. The Labute approximate surface area is 143 Å². The second-order valence-electron chi connectivity index (χ2n) is 4.80. The quantitative estimate of drug-likeness (QED) is 0.776. The Morgan fingerprint density at radius 2 is 1.68 bits per heavy atom. The zero-order valence-electron chi connectivity index (χ0n) is 11.5. The van der Waals surface area contributed by atoms with E-state index in [4.69, 9.17) is 11.6 Å². The summed E-state index contributed by atoms with van der Waals surface area (Å²) in [4.78, 5) is 0. The van der Waals surface area contributed by atoms with Crippen LogP contribution in [0.15, 0.2) is 53.0 Å². The monoisotopic (exact) mass is 403 g/mol. The normalized spacial score (nSPS) is 13.0. The summed E-state index contributed by atoms with van der Waals surface area (Å²) < 4.78 is 27.4. The second kappa shape index (κ2) is 7.57. The number of benzene rings is 2. The molecule has 0 spiro atoms. The molecule has 2 N–H and O–H groups in total. The molecule has 0 amide bonds. The second-order valence-corrected chi connectivity index (χ2v) is 8.00. The fourth-order valence-electron chi connectivity index (χ4n) is 1.84. The highest BCUT2D eigenvalue weighted by molar-refractivity contribution is 9.10. The molecule has 0 aliphatic rings. The topological polar surface area (TPSA) is 66.4 Å². The van der Waals surface area contributed by atoms with Crippen LogP contribution >= 0.6 is 27.5 Å². The minimum atomic E-state index is -3.59. The minimum absolute atomic E-state index is 0.159. The summed E-state index contributed by atoms with van der Waals surface area (Å²) in [5.41, 5.74) is 1.35. The zero-order valence-corrected chi connectivity index (χ0v) is 14.7. The van der Waals surface area contributed by atoms with Crippen LogP contribution in [0.2, 0.25) is 5.02 Å². The largest absolute Gasteiger partial charge is 0.387 e. The SMILES string of the molecule is O=S(=O)(CC(O)c1ccc(Br)cc1)NCc1ccc(Cl)cc1. The predicted octanol–water partition coefficient (Wildman–Crippen LogP) is 3.26. The van der Waals surface area contributed by atoms with Gasteiger partial charge in [0.15, 0.2) is 0 Å². The first-order valence-corrected chi connectivity index (χ1v) is 9.33. The molecule has 0 aromatic heterocycles. The van der Waals surface area contributed by atoms with Crippen molar-refractivity contribution in [2.75, 3.05) is 5.75 Å². The van der Waals surface area contributed by atoms with Crippen molar-refractivity contribution in [1.29, 1.82) is 0 Å². The summed E-state index contributed by atoms with van der Waals surface area (Å²) in [6.45, 7) is 0.159. The predicted molar refractivity (Wildman–Crippen MR) is 91.2 cm³/mol. The van der Waals surface area contributed by atoms with E-state index in [2.05, 4.69) is 20.7 Å². The van der Waals surface area contributed by atoms with Gasteiger partial charge in [0.1, 0.15) is 0 Å². The van der Waals surface area contributed by atoms with Gasteiger partial charge in [-0.1, -0.05) is 51.8 Å². The molecular formula is C15H15BrClNO3S. The van der Waals surface area contributed by atoms with Gasteiger partial charge in [0, 0.05) is 16.0 Å². The van der Waals surface area contributed by atoms with Gasteiger partial charge in [-0.05, 0) is 35.4 Å². The first-order chi connectivity index (χ1) is 10.4. The Hall–Kier alpha value is -0.920. The average Bonchev–Trinajstić information content (AvgIpc) is 2.47. The Balaban J connectivity index is 1.95. The van der Waals surface area contributed by atoms with E-state index in [9.17, 15) is 13.5 Å². The van der Waals surface area contributed by atoms with E-state index < -0.39 is 16.1 Å². The van der Waals surface area contributed by atoms with Gasteiger partial charge in [-0.25, -0.2) is 13.1 Å². The number of hydrogen-bond acceptors (Lipinski definition) is 3. The van der Waals surface area contributed by atoms with E-state index in [0.717, 1.165) is 10.0 Å². The number of rotatable bonds is 6. The smallest absolute Gasteiger partial charge is 0.214 e. The van der Waals surface area contributed by atoms with Crippen LogP contribution in [0, 0.1) is 0 Å². The number of aliphatic hydroxyl groups is 1. The van der Waals surface area contributed by atoms with Gasteiger partial charge in [0.25, 0.3) is 0 Å². The third-order valence-electron chi connectivity index (χ3n) is 3.04. The van der Waals surface area contributed by atoms with Crippen molar-refractivity contribution < 1.29 is 13.5 Å². The molecule has 2 aromatic carbocycles. The van der Waals surface area contributed by atoms with Crippen LogP contribution in [0.5, 0.6) is 0 Å². The maximum absolute atomic E-state index is 12.0. The molecule has 0 aliphatic carbocycles. The number of aliphatic hydroxyl groups excluding tert-OH is 1. The number of halogens is 2. The van der Waals surface area contributed by atoms with Gasteiger partial charge >= 0.3 is 0 Å². The van der Waals surface area contributed by atoms with Crippen molar-refractivity contribution in [3.8, 4) is 0 Å². The minimum Gasteiger partial charge on any atom is -0.387 e. The Morgan fingerprint density at radius 3 is 2.27 bits per heavy atom. The molecule has 0 bridgehead atoms. The highest BCUT2D eigenvalue weighted by Gasteiger charge is 2.18. The number of hydrogen-bond donors (Lipinski definition) is 2. The van der Waals surface area contributed by atoms with Crippen LogP contribution in [-0.2, 0) is 16.6 Å². The molecule has 0 fully saturated rings. The van der Waals surface area contributed by atoms with E-state index in [-0.39, 0.29) is 12.3 Å². The molecular weight excluding hydrogens is 390 g/mol. The first-order valence-electron chi connectivity index (χ1n) is 6.51. The fraction of sp³-hybridized carbons (Fsp3) is 0.200. The molecule has 0 saturated heterocycles. The van der Waals surface area contributed by atoms with Gasteiger partial charge in [-0.15, -0.1) is 0 Å². The molecule has 0 saturated carbocycles. The van der Waals surface area contributed by atoms with E-state index >= 15 is 0 Å². The lowest BCUT2D eigenvalue weighted by atomic mass is 10.1. The van der Waals surface area contributed by atoms with Crippen LogP contribution in [0.25, 0.3) is 0 Å². The van der Waals surface area contributed by atoms with E-state index in [1.807, 2.05) is 0 Å². The Morgan fingerprint density at radius 1 is 1.09 bits per heavy atom. The van der Waals surface area contributed by atoms with Gasteiger partial charge in [0.05, 0.1) is 11.9 Å². The van der Waals surface area contributed by atoms with Crippen LogP contribution in [0.3, 0.4) is 0 Å². The van der Waals surface area contributed by atoms with Gasteiger partial charge in [0.2, 0.25) is 10.0 Å². The lowest BCUT2D eigenvalue weighted by Crippen LogP contribution is -2.28. The molecule has 22 heavy (non-hydrogen) atoms. The lowest BCUT2D eigenvalue weighted by Gasteiger charge is -2.12. The fourth-order valence-corrected chi connectivity index (χ4v) is 3.35. The molecule has 4 nitrogen and oxygen atoms in total. The maximum atomic E-state index is 12.0. The Kier molecular flexibility index (Phi) is 6.00. The van der Waals surface area contributed by atoms with E-state index in [1.165, 1.54) is 0 Å². The average molecular weight is 405 g/mol. The summed E-state index contributed by atoms with van der Waals surface area (Å²) in [6.07, 6.45) is -1.07. The van der Waals surface area contributed by atoms with Crippen LogP contribution in [0.4, 0.5) is 0 Å². The van der Waals surface area contributed by atoms with E-state index in [0.29, 0.717) is 10.6 Å². The first kappa shape index (κ1) is 17.4. The molecule has 2 aromatic rings. The summed E-state index contributed by atoms with van der Waals surface area (Å²) in [6, 6.07) is 13.8. The Bertz CT molecular complexity index is 717. The summed E-state index contributed by atoms with van der Waals surface area (Å²) >= 11 is 9.06. The summed E-state index contributed by atoms with van der Waals surface area (Å²) in [7, 11) is -3.59. The molecule has 2 rings (SSSR count). The highest BCUT2D eigenvalue weighted by atomic mass is 79.9. The lowest BCUT2D eigenvalue weighted by molar-refractivity contribution is 0.201. The molecule has 7 heteroatoms. The van der Waals surface area contributed by atoms with Crippen molar-refractivity contribution in [3.63, 3.8) is 0 Å². The van der Waals surface area contributed by atoms with Crippen molar-refractivity contribution >= 4 is 37.6 Å².